The Labute approximate surface area is 158 Å². The SMILES string of the molecule is CC(C)CCC(=O)N1CCN(C2=CC(C3=C(O)CCC=C3)CCC2)CC1. The van der Waals surface area contributed by atoms with E-state index in [4.69, 9.17) is 0 Å². The van der Waals surface area contributed by atoms with Gasteiger partial charge in [-0.25, -0.2) is 0 Å². The molecule has 0 saturated carbocycles. The van der Waals surface area contributed by atoms with Gasteiger partial charge in [-0.2, -0.15) is 0 Å². The summed E-state index contributed by atoms with van der Waals surface area (Å²) in [6.07, 6.45) is 13.5. The third kappa shape index (κ3) is 4.72. The lowest BCUT2D eigenvalue weighted by Gasteiger charge is -2.39. The Bertz CT molecular complexity index is 595. The zero-order valence-corrected chi connectivity index (χ0v) is 16.4. The minimum Gasteiger partial charge on any atom is -0.512 e. The smallest absolute Gasteiger partial charge is 0.222 e. The Hall–Kier alpha value is -1.71. The number of piperazine rings is 1. The summed E-state index contributed by atoms with van der Waals surface area (Å²) in [4.78, 5) is 16.8. The molecule has 1 heterocycles. The number of nitrogens with zero attached hydrogens (tertiary/aromatic N) is 2. The molecule has 0 bridgehead atoms. The molecule has 1 unspecified atom stereocenters. The van der Waals surface area contributed by atoms with Crippen molar-refractivity contribution in [3.8, 4) is 0 Å². The van der Waals surface area contributed by atoms with Crippen LogP contribution >= 0.6 is 0 Å². The largest absolute Gasteiger partial charge is 0.512 e. The minimum absolute atomic E-state index is 0.316. The van der Waals surface area contributed by atoms with Crippen LogP contribution in [0.2, 0.25) is 0 Å². The lowest BCUT2D eigenvalue weighted by Crippen LogP contribution is -2.48. The molecule has 3 aliphatic rings. The predicted octanol–water partition coefficient (Wildman–Crippen LogP) is 4.41. The first-order chi connectivity index (χ1) is 12.5. The number of carbonyl (C=O) groups excluding carboxylic acids is 1. The third-order valence-electron chi connectivity index (χ3n) is 5.89. The van der Waals surface area contributed by atoms with Gasteiger partial charge in [0, 0.05) is 50.6 Å². The van der Waals surface area contributed by atoms with Crippen molar-refractivity contribution in [2.45, 2.75) is 58.8 Å². The van der Waals surface area contributed by atoms with Crippen LogP contribution in [-0.2, 0) is 4.79 Å². The molecule has 2 aliphatic carbocycles. The second-order valence-electron chi connectivity index (χ2n) is 8.30. The van der Waals surface area contributed by atoms with E-state index in [1.54, 1.807) is 0 Å². The van der Waals surface area contributed by atoms with Gasteiger partial charge in [-0.1, -0.05) is 32.1 Å². The summed E-state index contributed by atoms with van der Waals surface area (Å²) in [5.41, 5.74) is 2.53. The Morgan fingerprint density at radius 2 is 2.00 bits per heavy atom. The molecule has 0 radical (unpaired) electrons. The van der Waals surface area contributed by atoms with Gasteiger partial charge in [0.05, 0.1) is 5.76 Å². The molecule has 1 aliphatic heterocycles. The standard InChI is InChI=1S/C22H34N2O2/c1-17(2)10-11-22(26)24-14-12-23(13-15-24)19-7-5-6-18(16-19)20-8-3-4-9-21(20)25/h3,8,16-18,25H,4-7,9-15H2,1-2H3. The Morgan fingerprint density at radius 3 is 2.69 bits per heavy atom. The highest BCUT2D eigenvalue weighted by molar-refractivity contribution is 5.76. The summed E-state index contributed by atoms with van der Waals surface area (Å²) < 4.78 is 0. The van der Waals surface area contributed by atoms with E-state index in [2.05, 4.69) is 37.0 Å². The highest BCUT2D eigenvalue weighted by Gasteiger charge is 2.26. The fourth-order valence-corrected chi connectivity index (χ4v) is 4.23. The van der Waals surface area contributed by atoms with Crippen molar-refractivity contribution in [3.05, 3.63) is 35.3 Å². The van der Waals surface area contributed by atoms with Crippen LogP contribution in [0.5, 0.6) is 0 Å². The van der Waals surface area contributed by atoms with Crippen LogP contribution in [0.25, 0.3) is 0 Å². The zero-order chi connectivity index (χ0) is 18.5. The van der Waals surface area contributed by atoms with Crippen molar-refractivity contribution in [1.29, 1.82) is 0 Å². The van der Waals surface area contributed by atoms with Crippen molar-refractivity contribution in [3.63, 3.8) is 0 Å². The molecule has 0 aromatic rings. The van der Waals surface area contributed by atoms with Crippen molar-refractivity contribution in [2.24, 2.45) is 11.8 Å². The number of carbonyl (C=O) groups is 1. The van der Waals surface area contributed by atoms with E-state index >= 15 is 0 Å². The molecule has 26 heavy (non-hydrogen) atoms. The van der Waals surface area contributed by atoms with Crippen LogP contribution < -0.4 is 0 Å². The molecule has 1 fully saturated rings. The molecule has 4 heteroatoms. The zero-order valence-electron chi connectivity index (χ0n) is 16.4. The maximum atomic E-state index is 12.3. The fourth-order valence-electron chi connectivity index (χ4n) is 4.23. The highest BCUT2D eigenvalue weighted by Crippen LogP contribution is 2.34. The van der Waals surface area contributed by atoms with E-state index in [9.17, 15) is 9.90 Å². The first-order valence-electron chi connectivity index (χ1n) is 10.4. The summed E-state index contributed by atoms with van der Waals surface area (Å²) in [6.45, 7) is 7.90. The van der Waals surface area contributed by atoms with E-state index in [-0.39, 0.29) is 0 Å². The van der Waals surface area contributed by atoms with Crippen molar-refractivity contribution >= 4 is 5.91 Å². The first-order valence-corrected chi connectivity index (χ1v) is 10.4. The maximum Gasteiger partial charge on any atom is 0.222 e. The third-order valence-corrected chi connectivity index (χ3v) is 5.89. The Kier molecular flexibility index (Phi) is 6.44. The molecule has 0 spiro atoms. The van der Waals surface area contributed by atoms with Crippen molar-refractivity contribution < 1.29 is 9.90 Å². The number of allylic oxidation sites excluding steroid dienone is 6. The number of rotatable bonds is 5. The fraction of sp³-hybridized carbons (Fsp3) is 0.682. The predicted molar refractivity (Wildman–Crippen MR) is 106 cm³/mol. The van der Waals surface area contributed by atoms with Gasteiger partial charge in [0.1, 0.15) is 0 Å². The van der Waals surface area contributed by atoms with E-state index < -0.39 is 0 Å². The van der Waals surface area contributed by atoms with Crippen molar-refractivity contribution in [2.75, 3.05) is 26.2 Å². The monoisotopic (exact) mass is 358 g/mol. The Morgan fingerprint density at radius 1 is 1.23 bits per heavy atom. The molecule has 0 aromatic carbocycles. The lowest BCUT2D eigenvalue weighted by atomic mass is 9.84. The van der Waals surface area contributed by atoms with E-state index in [1.165, 1.54) is 12.1 Å². The van der Waals surface area contributed by atoms with Gasteiger partial charge in [-0.15, -0.1) is 0 Å². The molecular formula is C22H34N2O2. The number of hydrogen-bond acceptors (Lipinski definition) is 3. The van der Waals surface area contributed by atoms with Crippen LogP contribution in [-0.4, -0.2) is 47.0 Å². The Balaban J connectivity index is 1.57. The van der Waals surface area contributed by atoms with Gasteiger partial charge >= 0.3 is 0 Å². The average Bonchev–Trinajstić information content (AvgIpc) is 2.66. The van der Waals surface area contributed by atoms with Crippen LogP contribution in [0.15, 0.2) is 35.3 Å². The summed E-state index contributed by atoms with van der Waals surface area (Å²) in [5, 5.41) is 10.2. The molecule has 1 atom stereocenters. The second kappa shape index (κ2) is 8.79. The van der Waals surface area contributed by atoms with E-state index in [0.717, 1.165) is 63.9 Å². The maximum absolute atomic E-state index is 12.3. The molecule has 3 rings (SSSR count). The quantitative estimate of drug-likeness (QED) is 0.791. The molecule has 1 amide bonds. The molecule has 4 nitrogen and oxygen atoms in total. The topological polar surface area (TPSA) is 43.8 Å². The number of hydrogen-bond donors (Lipinski definition) is 1. The van der Waals surface area contributed by atoms with Gasteiger partial charge in [-0.3, -0.25) is 4.79 Å². The summed E-state index contributed by atoms with van der Waals surface area (Å²) in [6, 6.07) is 0. The molecular weight excluding hydrogens is 324 g/mol. The molecule has 0 aromatic heterocycles. The van der Waals surface area contributed by atoms with Gasteiger partial charge in [-0.05, 0) is 43.6 Å². The second-order valence-corrected chi connectivity index (χ2v) is 8.30. The average molecular weight is 359 g/mol. The highest BCUT2D eigenvalue weighted by atomic mass is 16.3. The number of aliphatic hydroxyl groups is 1. The van der Waals surface area contributed by atoms with Crippen LogP contribution in [0.3, 0.4) is 0 Å². The van der Waals surface area contributed by atoms with E-state index in [1.807, 2.05) is 4.90 Å². The van der Waals surface area contributed by atoms with Crippen molar-refractivity contribution in [1.82, 2.24) is 9.80 Å². The van der Waals surface area contributed by atoms with Crippen LogP contribution in [0.4, 0.5) is 0 Å². The summed E-state index contributed by atoms with van der Waals surface area (Å²) in [5.74, 6) is 1.83. The molecule has 144 valence electrons. The van der Waals surface area contributed by atoms with Gasteiger partial charge in [0.15, 0.2) is 0 Å². The number of amides is 1. The van der Waals surface area contributed by atoms with Gasteiger partial charge < -0.3 is 14.9 Å². The number of aliphatic hydroxyl groups excluding tert-OH is 1. The summed E-state index contributed by atoms with van der Waals surface area (Å²) >= 11 is 0. The summed E-state index contributed by atoms with van der Waals surface area (Å²) in [7, 11) is 0. The minimum atomic E-state index is 0.316. The first kappa shape index (κ1) is 19.1. The normalized spacial score (nSPS) is 24.3. The van der Waals surface area contributed by atoms with Crippen LogP contribution in [0.1, 0.15) is 58.8 Å². The molecule has 1 N–H and O–H groups in total. The lowest BCUT2D eigenvalue weighted by molar-refractivity contribution is -0.133. The molecule has 1 saturated heterocycles. The van der Waals surface area contributed by atoms with Gasteiger partial charge in [0.2, 0.25) is 5.91 Å². The van der Waals surface area contributed by atoms with Gasteiger partial charge in [0.25, 0.3) is 0 Å². The van der Waals surface area contributed by atoms with Crippen LogP contribution in [0, 0.1) is 11.8 Å². The van der Waals surface area contributed by atoms with E-state index in [0.29, 0.717) is 29.9 Å².